The lowest BCUT2D eigenvalue weighted by atomic mass is 9.98. The van der Waals surface area contributed by atoms with Crippen molar-refractivity contribution >= 4 is 11.9 Å². The molecule has 2 heterocycles. The molecule has 0 radical (unpaired) electrons. The van der Waals surface area contributed by atoms with Gasteiger partial charge in [-0.05, 0) is 35.8 Å². The van der Waals surface area contributed by atoms with Crippen LogP contribution in [0.3, 0.4) is 0 Å². The van der Waals surface area contributed by atoms with E-state index in [2.05, 4.69) is 17.0 Å². The molecule has 4 nitrogen and oxygen atoms in total. The Balaban J connectivity index is 1.41. The summed E-state index contributed by atoms with van der Waals surface area (Å²) in [7, 11) is 0. The van der Waals surface area contributed by atoms with Crippen molar-refractivity contribution in [1.29, 1.82) is 0 Å². The molecule has 0 spiro atoms. The van der Waals surface area contributed by atoms with Crippen LogP contribution in [0.15, 0.2) is 84.6 Å². The minimum Gasteiger partial charge on any atom is -0.478 e. The molecule has 0 bridgehead atoms. The number of hydrogen-bond acceptors (Lipinski definition) is 4. The Morgan fingerprint density at radius 1 is 1.03 bits per heavy atom. The molecule has 154 valence electrons. The number of benzene rings is 3. The molecule has 0 saturated carbocycles. The minimum absolute atomic E-state index is 0.0757. The molecule has 2 aliphatic rings. The highest BCUT2D eigenvalue weighted by Gasteiger charge is 2.35. The Bertz CT molecular complexity index is 1180. The number of nitrogens with zero attached hydrogens (tertiary/aromatic N) is 1. The summed E-state index contributed by atoms with van der Waals surface area (Å²) >= 11 is 0. The molecule has 0 fully saturated rings. The van der Waals surface area contributed by atoms with E-state index in [-0.39, 0.29) is 5.78 Å². The summed E-state index contributed by atoms with van der Waals surface area (Å²) in [6.45, 7) is 3.89. The zero-order valence-electron chi connectivity index (χ0n) is 17.4. The van der Waals surface area contributed by atoms with Crippen molar-refractivity contribution in [2.24, 2.45) is 0 Å². The Morgan fingerprint density at radius 3 is 2.55 bits per heavy atom. The topological polar surface area (TPSA) is 38.8 Å². The Labute approximate surface area is 182 Å². The molecule has 0 aromatic heterocycles. The first kappa shape index (κ1) is 19.3. The Morgan fingerprint density at radius 2 is 1.77 bits per heavy atom. The number of allylic oxidation sites excluding steroid dienone is 3. The van der Waals surface area contributed by atoms with Gasteiger partial charge in [-0.1, -0.05) is 72.8 Å². The van der Waals surface area contributed by atoms with Gasteiger partial charge in [-0.25, -0.2) is 0 Å². The lowest BCUT2D eigenvalue weighted by Crippen LogP contribution is -2.31. The predicted molar refractivity (Wildman–Crippen MR) is 121 cm³/mol. The third kappa shape index (κ3) is 3.90. The summed E-state index contributed by atoms with van der Waals surface area (Å²) in [4.78, 5) is 15.2. The molecule has 0 N–H and O–H groups in total. The summed E-state index contributed by atoms with van der Waals surface area (Å²) in [6.07, 6.45) is 5.56. The van der Waals surface area contributed by atoms with Crippen LogP contribution in [-0.4, -0.2) is 17.4 Å². The van der Waals surface area contributed by atoms with Crippen molar-refractivity contribution in [3.63, 3.8) is 0 Å². The van der Waals surface area contributed by atoms with E-state index in [0.29, 0.717) is 30.3 Å². The Kier molecular flexibility index (Phi) is 5.14. The summed E-state index contributed by atoms with van der Waals surface area (Å²) in [5, 5.41) is 0. The fourth-order valence-corrected chi connectivity index (χ4v) is 4.04. The van der Waals surface area contributed by atoms with Crippen molar-refractivity contribution in [3.05, 3.63) is 112 Å². The van der Waals surface area contributed by atoms with Crippen molar-refractivity contribution in [3.8, 4) is 11.5 Å². The second kappa shape index (κ2) is 8.25. The van der Waals surface area contributed by atoms with Crippen LogP contribution in [0.1, 0.15) is 32.6 Å². The number of carbonyl (C=O) groups excluding carboxylic acids is 1. The van der Waals surface area contributed by atoms with Crippen LogP contribution in [0.2, 0.25) is 0 Å². The summed E-state index contributed by atoms with van der Waals surface area (Å²) in [5.74, 6) is 1.71. The Hall–Kier alpha value is -3.63. The summed E-state index contributed by atoms with van der Waals surface area (Å²) in [5.41, 5.74) is 4.75. The number of fused-ring (bicyclic) bond motifs is 3. The number of ketones is 1. The first-order chi connectivity index (χ1) is 15.2. The van der Waals surface area contributed by atoms with E-state index in [0.717, 1.165) is 29.0 Å². The summed E-state index contributed by atoms with van der Waals surface area (Å²) in [6, 6.07) is 22.2. The van der Waals surface area contributed by atoms with Crippen molar-refractivity contribution in [1.82, 2.24) is 4.90 Å². The van der Waals surface area contributed by atoms with Crippen LogP contribution in [0, 0.1) is 6.92 Å². The summed E-state index contributed by atoms with van der Waals surface area (Å²) < 4.78 is 12.1. The highest BCUT2D eigenvalue weighted by atomic mass is 16.5. The number of aryl methyl sites for hydroxylation is 1. The number of rotatable bonds is 4. The maximum absolute atomic E-state index is 13.0. The third-order valence-corrected chi connectivity index (χ3v) is 5.57. The molecule has 0 unspecified atom stereocenters. The normalized spacial score (nSPS) is 16.8. The van der Waals surface area contributed by atoms with Gasteiger partial charge in [0, 0.05) is 13.1 Å². The largest absolute Gasteiger partial charge is 0.478 e. The van der Waals surface area contributed by atoms with E-state index in [1.807, 2.05) is 73.7 Å². The molecule has 31 heavy (non-hydrogen) atoms. The van der Waals surface area contributed by atoms with Gasteiger partial charge in [-0.2, -0.15) is 0 Å². The van der Waals surface area contributed by atoms with Crippen LogP contribution < -0.4 is 9.47 Å². The first-order valence-corrected chi connectivity index (χ1v) is 10.4. The van der Waals surface area contributed by atoms with E-state index >= 15 is 0 Å². The molecule has 3 aromatic carbocycles. The standard InChI is InChI=1S/C27H23NO3/c1-19-15-24-22(17-28(18-30-24)16-21-11-6-3-7-12-21)27-25(19)26(29)23(31-27)14-8-13-20-9-4-2-5-10-20/h2-15H,16-18H2,1H3/b13-8+,23-14-. The minimum atomic E-state index is -0.0757. The fraction of sp³-hybridized carbons (Fsp3) is 0.148. The number of hydrogen-bond donors (Lipinski definition) is 0. The second-order valence-electron chi connectivity index (χ2n) is 7.85. The van der Waals surface area contributed by atoms with Gasteiger partial charge in [0.1, 0.15) is 18.2 Å². The molecule has 3 aromatic rings. The lowest BCUT2D eigenvalue weighted by Gasteiger charge is -2.30. The molecular weight excluding hydrogens is 386 g/mol. The lowest BCUT2D eigenvalue weighted by molar-refractivity contribution is 0.0872. The van der Waals surface area contributed by atoms with Crippen molar-refractivity contribution in [2.45, 2.75) is 20.0 Å². The molecule has 0 aliphatic carbocycles. The molecule has 0 atom stereocenters. The smallest absolute Gasteiger partial charge is 0.232 e. The van der Waals surface area contributed by atoms with Crippen molar-refractivity contribution < 1.29 is 14.3 Å². The zero-order chi connectivity index (χ0) is 21.2. The van der Waals surface area contributed by atoms with Gasteiger partial charge < -0.3 is 9.47 Å². The van der Waals surface area contributed by atoms with Crippen LogP contribution in [-0.2, 0) is 13.1 Å². The first-order valence-electron chi connectivity index (χ1n) is 10.4. The monoisotopic (exact) mass is 409 g/mol. The van der Waals surface area contributed by atoms with Gasteiger partial charge in [-0.15, -0.1) is 0 Å². The molecule has 0 saturated heterocycles. The third-order valence-electron chi connectivity index (χ3n) is 5.57. The van der Waals surface area contributed by atoms with E-state index < -0.39 is 0 Å². The number of carbonyl (C=O) groups is 1. The zero-order valence-corrected chi connectivity index (χ0v) is 17.4. The van der Waals surface area contributed by atoms with E-state index in [1.54, 1.807) is 6.08 Å². The number of Topliss-reactive ketones (excluding diaryl/α,β-unsaturated/α-hetero) is 1. The van der Waals surface area contributed by atoms with Crippen LogP contribution in [0.5, 0.6) is 11.5 Å². The van der Waals surface area contributed by atoms with Gasteiger partial charge >= 0.3 is 0 Å². The molecule has 2 aliphatic heterocycles. The fourth-order valence-electron chi connectivity index (χ4n) is 4.04. The van der Waals surface area contributed by atoms with Gasteiger partial charge in [0.15, 0.2) is 5.76 Å². The highest BCUT2D eigenvalue weighted by molar-refractivity contribution is 6.14. The van der Waals surface area contributed by atoms with E-state index in [1.165, 1.54) is 5.56 Å². The average molecular weight is 409 g/mol. The predicted octanol–water partition coefficient (Wildman–Crippen LogP) is 5.52. The quantitative estimate of drug-likeness (QED) is 0.532. The van der Waals surface area contributed by atoms with Crippen molar-refractivity contribution in [2.75, 3.05) is 6.73 Å². The maximum Gasteiger partial charge on any atom is 0.232 e. The maximum atomic E-state index is 13.0. The van der Waals surface area contributed by atoms with Gasteiger partial charge in [0.2, 0.25) is 5.78 Å². The van der Waals surface area contributed by atoms with Gasteiger partial charge in [0.05, 0.1) is 11.1 Å². The van der Waals surface area contributed by atoms with Gasteiger partial charge in [0.25, 0.3) is 0 Å². The van der Waals surface area contributed by atoms with Crippen LogP contribution >= 0.6 is 0 Å². The van der Waals surface area contributed by atoms with Crippen LogP contribution in [0.4, 0.5) is 0 Å². The molecule has 5 rings (SSSR count). The van der Waals surface area contributed by atoms with E-state index in [4.69, 9.17) is 9.47 Å². The average Bonchev–Trinajstić information content (AvgIpc) is 3.13. The van der Waals surface area contributed by atoms with E-state index in [9.17, 15) is 4.79 Å². The van der Waals surface area contributed by atoms with Crippen LogP contribution in [0.25, 0.3) is 6.08 Å². The number of ether oxygens (including phenoxy) is 2. The molecule has 4 heteroatoms. The SMILES string of the molecule is Cc1cc2c(c3c1C(=O)/C(=C/C=C/c1ccccc1)O3)CN(Cc1ccccc1)CO2. The van der Waals surface area contributed by atoms with Gasteiger partial charge in [-0.3, -0.25) is 9.69 Å². The second-order valence-corrected chi connectivity index (χ2v) is 7.85. The highest BCUT2D eigenvalue weighted by Crippen LogP contribution is 2.43. The molecular formula is C27H23NO3. The molecule has 0 amide bonds.